The number of carbonyl (C=O) groups excluding carboxylic acids is 1. The maximum atomic E-state index is 12.3. The zero-order chi connectivity index (χ0) is 21.2. The van der Waals surface area contributed by atoms with Gasteiger partial charge in [-0.3, -0.25) is 4.68 Å². The predicted octanol–water partition coefficient (Wildman–Crippen LogP) is 2.44. The number of aromatic carboxylic acids is 1. The molecule has 0 saturated carbocycles. The molecule has 1 fully saturated rings. The van der Waals surface area contributed by atoms with Crippen LogP contribution in [0.1, 0.15) is 31.1 Å². The Morgan fingerprint density at radius 1 is 1.17 bits per heavy atom. The molecule has 9 heteroatoms. The fourth-order valence-corrected chi connectivity index (χ4v) is 3.34. The van der Waals surface area contributed by atoms with Crippen LogP contribution in [0.5, 0.6) is 0 Å². The first-order chi connectivity index (χ1) is 13.7. The van der Waals surface area contributed by atoms with Gasteiger partial charge in [0.05, 0.1) is 18.7 Å². The van der Waals surface area contributed by atoms with E-state index in [1.807, 2.05) is 33.0 Å². The average Bonchev–Trinajstić information content (AvgIpc) is 3.08. The minimum atomic E-state index is -1.01. The van der Waals surface area contributed by atoms with Gasteiger partial charge >= 0.3 is 12.1 Å². The Hall–Kier alpha value is -2.81. The van der Waals surface area contributed by atoms with E-state index in [2.05, 4.69) is 10.00 Å². The predicted molar refractivity (Wildman–Crippen MR) is 109 cm³/mol. The number of carboxylic acids is 1. The van der Waals surface area contributed by atoms with Gasteiger partial charge in [-0.15, -0.1) is 0 Å². The number of fused-ring (bicyclic) bond motifs is 1. The van der Waals surface area contributed by atoms with Crippen LogP contribution < -0.4 is 4.90 Å². The summed E-state index contributed by atoms with van der Waals surface area (Å²) in [4.78, 5) is 27.8. The van der Waals surface area contributed by atoms with Crippen molar-refractivity contribution in [2.24, 2.45) is 0 Å². The highest BCUT2D eigenvalue weighted by molar-refractivity contribution is 6.06. The van der Waals surface area contributed by atoms with Crippen molar-refractivity contribution in [2.45, 2.75) is 32.9 Å². The van der Waals surface area contributed by atoms with E-state index in [9.17, 15) is 14.7 Å². The second-order valence-corrected chi connectivity index (χ2v) is 8.04. The second-order valence-electron chi connectivity index (χ2n) is 8.04. The Kier molecular flexibility index (Phi) is 5.97. The van der Waals surface area contributed by atoms with Crippen molar-refractivity contribution < 1.29 is 24.2 Å². The first kappa shape index (κ1) is 20.9. The van der Waals surface area contributed by atoms with Crippen LogP contribution >= 0.6 is 0 Å². The molecule has 2 aromatic rings. The van der Waals surface area contributed by atoms with E-state index in [1.165, 1.54) is 0 Å². The highest BCUT2D eigenvalue weighted by Gasteiger charge is 2.27. The second kappa shape index (κ2) is 8.28. The number of carboxylic acid groups (broad SMARTS) is 1. The third-order valence-corrected chi connectivity index (χ3v) is 4.73. The molecule has 29 heavy (non-hydrogen) atoms. The Labute approximate surface area is 169 Å². The molecule has 1 aromatic heterocycles. The lowest BCUT2D eigenvalue weighted by Crippen LogP contribution is -2.50. The van der Waals surface area contributed by atoms with Crippen molar-refractivity contribution in [1.82, 2.24) is 14.7 Å². The number of hydrogen-bond donors (Lipinski definition) is 1. The molecule has 0 spiro atoms. The summed E-state index contributed by atoms with van der Waals surface area (Å²) in [6.45, 7) is 8.91. The summed E-state index contributed by atoms with van der Waals surface area (Å²) in [5.41, 5.74) is 1.02. The SMILES string of the molecule is COCCn1cc2c(N3CCN(C(=O)OC(C)(C)C)CC3)ccc(C(=O)O)c2n1. The van der Waals surface area contributed by atoms with Gasteiger partial charge in [0.15, 0.2) is 0 Å². The lowest BCUT2D eigenvalue weighted by molar-refractivity contribution is 0.0240. The number of ether oxygens (including phenoxy) is 2. The molecule has 0 bridgehead atoms. The zero-order valence-corrected chi connectivity index (χ0v) is 17.3. The summed E-state index contributed by atoms with van der Waals surface area (Å²) >= 11 is 0. The molecule has 0 unspecified atom stereocenters. The first-order valence-corrected chi connectivity index (χ1v) is 9.65. The number of nitrogens with zero attached hydrogens (tertiary/aromatic N) is 4. The molecule has 2 heterocycles. The van der Waals surface area contributed by atoms with Gasteiger partial charge in [-0.25, -0.2) is 9.59 Å². The van der Waals surface area contributed by atoms with Gasteiger partial charge in [-0.1, -0.05) is 0 Å². The molecule has 1 amide bonds. The van der Waals surface area contributed by atoms with Crippen molar-refractivity contribution in [3.63, 3.8) is 0 Å². The largest absolute Gasteiger partial charge is 0.478 e. The van der Waals surface area contributed by atoms with Crippen LogP contribution in [0.15, 0.2) is 18.3 Å². The van der Waals surface area contributed by atoms with Crippen molar-refractivity contribution in [1.29, 1.82) is 0 Å². The van der Waals surface area contributed by atoms with Crippen molar-refractivity contribution >= 4 is 28.7 Å². The Bertz CT molecular complexity index is 894. The van der Waals surface area contributed by atoms with E-state index < -0.39 is 11.6 Å². The molecule has 1 aliphatic heterocycles. The number of rotatable bonds is 5. The highest BCUT2D eigenvalue weighted by atomic mass is 16.6. The summed E-state index contributed by atoms with van der Waals surface area (Å²) in [6, 6.07) is 3.41. The van der Waals surface area contributed by atoms with E-state index in [0.29, 0.717) is 44.8 Å². The number of carbonyl (C=O) groups is 2. The van der Waals surface area contributed by atoms with E-state index >= 15 is 0 Å². The highest BCUT2D eigenvalue weighted by Crippen LogP contribution is 2.30. The number of methoxy groups -OCH3 is 1. The molecule has 1 aromatic carbocycles. The van der Waals surface area contributed by atoms with Crippen LogP contribution in [0.25, 0.3) is 10.9 Å². The van der Waals surface area contributed by atoms with E-state index in [4.69, 9.17) is 9.47 Å². The van der Waals surface area contributed by atoms with E-state index in [1.54, 1.807) is 22.8 Å². The minimum Gasteiger partial charge on any atom is -0.478 e. The summed E-state index contributed by atoms with van der Waals surface area (Å²) in [5, 5.41) is 14.8. The quantitative estimate of drug-likeness (QED) is 0.817. The number of benzene rings is 1. The molecule has 9 nitrogen and oxygen atoms in total. The van der Waals surface area contributed by atoms with Gasteiger partial charge in [0.2, 0.25) is 0 Å². The third-order valence-electron chi connectivity index (χ3n) is 4.73. The van der Waals surface area contributed by atoms with E-state index in [0.717, 1.165) is 11.1 Å². The van der Waals surface area contributed by atoms with Gasteiger partial charge in [0.1, 0.15) is 11.1 Å². The van der Waals surface area contributed by atoms with Crippen LogP contribution in [0.3, 0.4) is 0 Å². The smallest absolute Gasteiger partial charge is 0.410 e. The van der Waals surface area contributed by atoms with Gasteiger partial charge in [-0.2, -0.15) is 5.10 Å². The zero-order valence-electron chi connectivity index (χ0n) is 17.3. The van der Waals surface area contributed by atoms with Crippen molar-refractivity contribution in [3.8, 4) is 0 Å². The van der Waals surface area contributed by atoms with Crippen LogP contribution in [-0.2, 0) is 16.0 Å². The number of piperazine rings is 1. The van der Waals surface area contributed by atoms with Crippen LogP contribution in [0.2, 0.25) is 0 Å². The summed E-state index contributed by atoms with van der Waals surface area (Å²) in [6.07, 6.45) is 1.55. The summed E-state index contributed by atoms with van der Waals surface area (Å²) < 4.78 is 12.3. The Balaban J connectivity index is 1.81. The molecule has 1 N–H and O–H groups in total. The summed E-state index contributed by atoms with van der Waals surface area (Å²) in [7, 11) is 1.61. The van der Waals surface area contributed by atoms with Gasteiger partial charge in [0, 0.05) is 50.6 Å². The molecule has 0 radical (unpaired) electrons. The maximum absolute atomic E-state index is 12.3. The van der Waals surface area contributed by atoms with E-state index in [-0.39, 0.29) is 11.7 Å². The number of anilines is 1. The van der Waals surface area contributed by atoms with Crippen molar-refractivity contribution in [3.05, 3.63) is 23.9 Å². The van der Waals surface area contributed by atoms with Crippen LogP contribution in [0, 0.1) is 0 Å². The Morgan fingerprint density at radius 3 is 2.45 bits per heavy atom. The molecule has 3 rings (SSSR count). The van der Waals surface area contributed by atoms with Crippen molar-refractivity contribution in [2.75, 3.05) is 44.8 Å². The number of amides is 1. The molecular formula is C20H28N4O5. The molecule has 0 aliphatic carbocycles. The fourth-order valence-electron chi connectivity index (χ4n) is 3.34. The number of aromatic nitrogens is 2. The molecule has 1 aliphatic rings. The summed E-state index contributed by atoms with van der Waals surface area (Å²) in [5.74, 6) is -1.01. The fraction of sp³-hybridized carbons (Fsp3) is 0.550. The van der Waals surface area contributed by atoms with Gasteiger partial charge in [0.25, 0.3) is 0 Å². The minimum absolute atomic E-state index is 0.173. The Morgan fingerprint density at radius 2 is 1.86 bits per heavy atom. The lowest BCUT2D eigenvalue weighted by atomic mass is 10.1. The topological polar surface area (TPSA) is 97.1 Å². The molecule has 158 valence electrons. The monoisotopic (exact) mass is 404 g/mol. The van der Waals surface area contributed by atoms with Gasteiger partial charge in [-0.05, 0) is 32.9 Å². The van der Waals surface area contributed by atoms with Crippen LogP contribution in [0.4, 0.5) is 10.5 Å². The first-order valence-electron chi connectivity index (χ1n) is 9.65. The average molecular weight is 404 g/mol. The standard InChI is InChI=1S/C20H28N4O5/c1-20(2,3)29-19(27)23-9-7-22(8-10-23)16-6-5-14(18(25)26)17-15(16)13-24(21-17)11-12-28-4/h5-6,13H,7-12H2,1-4H3,(H,25,26). The maximum Gasteiger partial charge on any atom is 0.410 e. The molecular weight excluding hydrogens is 376 g/mol. The molecule has 0 atom stereocenters. The lowest BCUT2D eigenvalue weighted by Gasteiger charge is -2.37. The van der Waals surface area contributed by atoms with Gasteiger partial charge < -0.3 is 24.4 Å². The third kappa shape index (κ3) is 4.79. The normalized spacial score (nSPS) is 15.0. The van der Waals surface area contributed by atoms with Crippen LogP contribution in [-0.4, -0.2) is 77.3 Å². The molecule has 1 saturated heterocycles. The number of hydrogen-bond acceptors (Lipinski definition) is 6.